The van der Waals surface area contributed by atoms with Crippen LogP contribution in [0.25, 0.3) is 11.1 Å². The smallest absolute Gasteiger partial charge is 0.326 e. The fraction of sp³-hybridized carbons (Fsp3) is 0.300. The number of carboxylic acids is 1. The number of amides is 1. The van der Waals surface area contributed by atoms with Crippen LogP contribution in [0.2, 0.25) is 5.02 Å². The summed E-state index contributed by atoms with van der Waals surface area (Å²) in [6, 6.07) is 0.408. The summed E-state index contributed by atoms with van der Waals surface area (Å²) in [6.45, 7) is 1.63. The van der Waals surface area contributed by atoms with Gasteiger partial charge in [0, 0.05) is 17.0 Å². The Kier molecular flexibility index (Phi) is 6.99. The average Bonchev–Trinajstić information content (AvgIpc) is 3.23. The fourth-order valence-corrected chi connectivity index (χ4v) is 4.67. The Morgan fingerprint density at radius 3 is 2.19 bits per heavy atom. The molecule has 1 N–H and O–H groups in total. The van der Waals surface area contributed by atoms with Crippen molar-refractivity contribution < 1.29 is 41.0 Å². The Balaban J connectivity index is 1.99. The quantitative estimate of drug-likeness (QED) is 0.260. The third kappa shape index (κ3) is 4.27. The van der Waals surface area contributed by atoms with Gasteiger partial charge in [-0.05, 0) is 31.9 Å². The van der Waals surface area contributed by atoms with Gasteiger partial charge in [-0.25, -0.2) is 31.1 Å². The molecule has 172 valence electrons. The van der Waals surface area contributed by atoms with Gasteiger partial charge in [0.1, 0.15) is 11.9 Å². The molecule has 0 saturated carbocycles. The maximum atomic E-state index is 14.4. The van der Waals surface area contributed by atoms with E-state index in [1.807, 2.05) is 0 Å². The summed E-state index contributed by atoms with van der Waals surface area (Å²) in [4.78, 5) is 25.1. The summed E-state index contributed by atoms with van der Waals surface area (Å²) in [5.74, 6) is -14.4. The lowest BCUT2D eigenvalue weighted by Gasteiger charge is -2.25. The second-order valence-corrected chi connectivity index (χ2v) is 8.79. The molecule has 0 bridgehead atoms. The minimum absolute atomic E-state index is 0.0704. The van der Waals surface area contributed by atoms with E-state index in [0.717, 1.165) is 17.8 Å². The van der Waals surface area contributed by atoms with Gasteiger partial charge in [-0.3, -0.25) is 4.79 Å². The van der Waals surface area contributed by atoms with Crippen molar-refractivity contribution in [1.82, 2.24) is 4.90 Å². The molecule has 32 heavy (non-hydrogen) atoms. The topological polar surface area (TPSA) is 57.6 Å². The van der Waals surface area contributed by atoms with E-state index >= 15 is 0 Å². The number of likely N-dealkylation sites (tertiary alicyclic amines) is 1. The minimum atomic E-state index is -2.38. The Labute approximate surface area is 187 Å². The lowest BCUT2D eigenvalue weighted by atomic mass is 10.0. The first-order valence-corrected chi connectivity index (χ1v) is 10.4. The molecule has 0 unspecified atom stereocenters. The number of thioether (sulfide) groups is 1. The maximum Gasteiger partial charge on any atom is 0.326 e. The minimum Gasteiger partial charge on any atom is -0.480 e. The van der Waals surface area contributed by atoms with Crippen molar-refractivity contribution in [3.63, 3.8) is 0 Å². The van der Waals surface area contributed by atoms with Gasteiger partial charge in [-0.2, -0.15) is 0 Å². The van der Waals surface area contributed by atoms with Crippen molar-refractivity contribution in [1.29, 1.82) is 0 Å². The molecule has 0 radical (unpaired) electrons. The van der Waals surface area contributed by atoms with Crippen molar-refractivity contribution >= 4 is 35.2 Å². The zero-order chi connectivity index (χ0) is 23.9. The number of halogens is 7. The Morgan fingerprint density at radius 2 is 1.62 bits per heavy atom. The number of rotatable bonds is 5. The second kappa shape index (κ2) is 9.22. The van der Waals surface area contributed by atoms with E-state index in [1.54, 1.807) is 0 Å². The van der Waals surface area contributed by atoms with Crippen molar-refractivity contribution in [2.75, 3.05) is 6.54 Å². The van der Waals surface area contributed by atoms with Gasteiger partial charge >= 0.3 is 5.97 Å². The van der Waals surface area contributed by atoms with Crippen LogP contribution in [0.4, 0.5) is 26.3 Å². The summed E-state index contributed by atoms with van der Waals surface area (Å²) in [5.41, 5.74) is -2.41. The highest BCUT2D eigenvalue weighted by atomic mass is 35.5. The van der Waals surface area contributed by atoms with Gasteiger partial charge < -0.3 is 10.0 Å². The molecule has 0 aliphatic carbocycles. The normalized spacial score (nSPS) is 17.0. The Bertz CT molecular complexity index is 1090. The third-order valence-corrected chi connectivity index (χ3v) is 6.54. The number of benzene rings is 2. The standard InChI is InChI=1S/C20H14ClF6NO3S/c1-7(19(29)28-4-2-3-11(28)20(30)31)32-12-5-8(10(22)6-9(12)21)13-14(23)16(25)18(27)17(26)15(13)24/h5-7,11H,2-4H2,1H3,(H,30,31)/t7-,11+/m1/s1. The van der Waals surface area contributed by atoms with Gasteiger partial charge in [0.05, 0.1) is 15.8 Å². The van der Waals surface area contributed by atoms with E-state index < -0.39 is 69.2 Å². The van der Waals surface area contributed by atoms with Crippen LogP contribution >= 0.6 is 23.4 Å². The van der Waals surface area contributed by atoms with Gasteiger partial charge in [0.15, 0.2) is 23.3 Å². The summed E-state index contributed by atoms with van der Waals surface area (Å²) in [7, 11) is 0. The second-order valence-electron chi connectivity index (χ2n) is 7.00. The zero-order valence-electron chi connectivity index (χ0n) is 16.2. The first kappa shape index (κ1) is 24.2. The molecular weight excluding hydrogens is 484 g/mol. The first-order chi connectivity index (χ1) is 15.0. The van der Waals surface area contributed by atoms with Crippen molar-refractivity contribution in [3.05, 3.63) is 52.1 Å². The molecule has 1 aliphatic rings. The number of carboxylic acid groups (broad SMARTS) is 1. The lowest BCUT2D eigenvalue weighted by molar-refractivity contribution is -0.147. The highest BCUT2D eigenvalue weighted by Gasteiger charge is 2.36. The summed E-state index contributed by atoms with van der Waals surface area (Å²) >= 11 is 6.70. The number of hydrogen-bond donors (Lipinski definition) is 1. The predicted octanol–water partition coefficient (Wildman–Crippen LogP) is 5.40. The highest BCUT2D eigenvalue weighted by molar-refractivity contribution is 8.00. The van der Waals surface area contributed by atoms with Crippen LogP contribution in [-0.4, -0.2) is 39.7 Å². The zero-order valence-corrected chi connectivity index (χ0v) is 17.8. The van der Waals surface area contributed by atoms with Crippen LogP contribution in [0, 0.1) is 34.9 Å². The maximum absolute atomic E-state index is 14.4. The largest absolute Gasteiger partial charge is 0.480 e. The van der Waals surface area contributed by atoms with Crippen molar-refractivity contribution in [2.24, 2.45) is 0 Å². The van der Waals surface area contributed by atoms with E-state index in [1.165, 1.54) is 11.8 Å². The van der Waals surface area contributed by atoms with Gasteiger partial charge in [0.25, 0.3) is 0 Å². The predicted molar refractivity (Wildman–Crippen MR) is 104 cm³/mol. The molecule has 4 nitrogen and oxygen atoms in total. The molecule has 12 heteroatoms. The molecule has 1 heterocycles. The molecule has 1 aliphatic heterocycles. The molecular formula is C20H14ClF6NO3S. The van der Waals surface area contributed by atoms with E-state index in [0.29, 0.717) is 12.5 Å². The number of carbonyl (C=O) groups is 2. The average molecular weight is 498 g/mol. The molecule has 2 aromatic rings. The molecule has 2 aromatic carbocycles. The number of nitrogens with zero attached hydrogens (tertiary/aromatic N) is 1. The molecule has 1 fully saturated rings. The third-order valence-electron chi connectivity index (χ3n) is 4.97. The van der Waals surface area contributed by atoms with E-state index in [-0.39, 0.29) is 22.9 Å². The van der Waals surface area contributed by atoms with Gasteiger partial charge in [-0.1, -0.05) is 11.6 Å². The fourth-order valence-electron chi connectivity index (χ4n) is 3.41. The van der Waals surface area contributed by atoms with Crippen LogP contribution in [-0.2, 0) is 9.59 Å². The van der Waals surface area contributed by atoms with E-state index in [4.69, 9.17) is 11.6 Å². The van der Waals surface area contributed by atoms with Gasteiger partial charge in [-0.15, -0.1) is 11.8 Å². The van der Waals surface area contributed by atoms with Crippen LogP contribution in [0.1, 0.15) is 19.8 Å². The number of hydrogen-bond acceptors (Lipinski definition) is 3. The van der Waals surface area contributed by atoms with Crippen molar-refractivity contribution in [2.45, 2.75) is 36.0 Å². The van der Waals surface area contributed by atoms with Crippen LogP contribution < -0.4 is 0 Å². The first-order valence-electron chi connectivity index (χ1n) is 9.16. The molecule has 1 amide bonds. The Morgan fingerprint density at radius 1 is 1.06 bits per heavy atom. The molecule has 3 rings (SSSR count). The SMILES string of the molecule is C[C@@H](Sc1cc(-c2c(F)c(F)c(F)c(F)c2F)c(F)cc1Cl)C(=O)N1CCC[C@H]1C(=O)O. The monoisotopic (exact) mass is 497 g/mol. The van der Waals surface area contributed by atoms with Crippen LogP contribution in [0.3, 0.4) is 0 Å². The summed E-state index contributed by atoms with van der Waals surface area (Å²) in [5, 5.41) is 8.02. The summed E-state index contributed by atoms with van der Waals surface area (Å²) in [6.07, 6.45) is 0.766. The van der Waals surface area contributed by atoms with E-state index in [9.17, 15) is 41.0 Å². The molecule has 2 atom stereocenters. The lowest BCUT2D eigenvalue weighted by Crippen LogP contribution is -2.43. The van der Waals surface area contributed by atoms with Gasteiger partial charge in [0.2, 0.25) is 11.7 Å². The molecule has 1 saturated heterocycles. The van der Waals surface area contributed by atoms with Crippen molar-refractivity contribution in [3.8, 4) is 11.1 Å². The number of carbonyl (C=O) groups excluding carboxylic acids is 1. The summed E-state index contributed by atoms with van der Waals surface area (Å²) < 4.78 is 83.2. The molecule has 0 spiro atoms. The van der Waals surface area contributed by atoms with E-state index in [2.05, 4.69) is 0 Å². The number of aliphatic carboxylic acids is 1. The van der Waals surface area contributed by atoms with Crippen LogP contribution in [0.5, 0.6) is 0 Å². The Hall–Kier alpha value is -2.40. The highest BCUT2D eigenvalue weighted by Crippen LogP contribution is 2.39. The molecule has 0 aromatic heterocycles. The van der Waals surface area contributed by atoms with Crippen LogP contribution in [0.15, 0.2) is 17.0 Å².